The number of nitrogens with zero attached hydrogens (tertiary/aromatic N) is 2. The SMILES string of the molecule is Brc1cnc2c(n1)sc1c3ccccc3c3ccccc3c21. The number of fused-ring (bicyclic) bond motifs is 8. The third-order valence-corrected chi connectivity index (χ3v) is 5.52. The van der Waals surface area contributed by atoms with Crippen LogP contribution in [-0.2, 0) is 0 Å². The van der Waals surface area contributed by atoms with Crippen LogP contribution in [0.1, 0.15) is 0 Å². The van der Waals surface area contributed by atoms with Crippen LogP contribution in [0.15, 0.2) is 59.3 Å². The fourth-order valence-electron chi connectivity index (χ4n) is 3.14. The largest absolute Gasteiger partial charge is 0.250 e. The second-order valence-electron chi connectivity index (χ2n) is 5.24. The smallest absolute Gasteiger partial charge is 0.144 e. The molecule has 2 heterocycles. The van der Waals surface area contributed by atoms with E-state index in [0.29, 0.717) is 0 Å². The quantitative estimate of drug-likeness (QED) is 0.319. The highest BCUT2D eigenvalue weighted by atomic mass is 79.9. The summed E-state index contributed by atoms with van der Waals surface area (Å²) in [7, 11) is 0. The summed E-state index contributed by atoms with van der Waals surface area (Å²) in [5, 5.41) is 6.30. The highest BCUT2D eigenvalue weighted by Crippen LogP contribution is 2.42. The maximum atomic E-state index is 4.63. The number of rotatable bonds is 0. The van der Waals surface area contributed by atoms with Gasteiger partial charge < -0.3 is 0 Å². The fourth-order valence-corrected chi connectivity index (χ4v) is 4.72. The number of halogens is 1. The van der Waals surface area contributed by atoms with Gasteiger partial charge in [-0.15, -0.1) is 11.3 Å². The zero-order chi connectivity index (χ0) is 14.7. The van der Waals surface area contributed by atoms with Crippen LogP contribution in [-0.4, -0.2) is 9.97 Å². The molecule has 2 aromatic heterocycles. The van der Waals surface area contributed by atoms with Crippen LogP contribution >= 0.6 is 27.3 Å². The lowest BCUT2D eigenvalue weighted by atomic mass is 9.99. The molecule has 0 bridgehead atoms. The van der Waals surface area contributed by atoms with E-state index in [2.05, 4.69) is 74.4 Å². The molecule has 5 aromatic rings. The molecule has 0 aliphatic carbocycles. The Labute approximate surface area is 138 Å². The van der Waals surface area contributed by atoms with Gasteiger partial charge in [0.2, 0.25) is 0 Å². The Balaban J connectivity index is 2.21. The van der Waals surface area contributed by atoms with E-state index in [1.165, 1.54) is 31.6 Å². The van der Waals surface area contributed by atoms with Gasteiger partial charge in [0.25, 0.3) is 0 Å². The molecule has 0 radical (unpaired) electrons. The van der Waals surface area contributed by atoms with Crippen molar-refractivity contribution in [2.24, 2.45) is 0 Å². The Bertz CT molecular complexity index is 1190. The summed E-state index contributed by atoms with van der Waals surface area (Å²) in [6, 6.07) is 17.1. The summed E-state index contributed by atoms with van der Waals surface area (Å²) in [5.74, 6) is 0. The van der Waals surface area contributed by atoms with Crippen molar-refractivity contribution in [3.05, 3.63) is 59.3 Å². The second kappa shape index (κ2) is 4.48. The van der Waals surface area contributed by atoms with E-state index in [4.69, 9.17) is 0 Å². The van der Waals surface area contributed by atoms with Crippen molar-refractivity contribution >= 4 is 69.2 Å². The van der Waals surface area contributed by atoms with Gasteiger partial charge in [-0.2, -0.15) is 0 Å². The molecule has 0 amide bonds. The molecule has 0 atom stereocenters. The van der Waals surface area contributed by atoms with Gasteiger partial charge >= 0.3 is 0 Å². The molecule has 4 heteroatoms. The Hall–Kier alpha value is -2.04. The third kappa shape index (κ3) is 1.59. The normalized spacial score (nSPS) is 11.9. The minimum atomic E-state index is 0.778. The molecule has 0 aliphatic rings. The summed E-state index contributed by atoms with van der Waals surface area (Å²) < 4.78 is 2.04. The van der Waals surface area contributed by atoms with E-state index in [0.717, 1.165) is 15.0 Å². The Morgan fingerprint density at radius 3 is 2.23 bits per heavy atom. The van der Waals surface area contributed by atoms with Gasteiger partial charge in [0, 0.05) is 15.5 Å². The summed E-state index contributed by atoms with van der Waals surface area (Å²) in [4.78, 5) is 10.2. The first-order valence-electron chi connectivity index (χ1n) is 6.97. The van der Waals surface area contributed by atoms with Gasteiger partial charge in [-0.25, -0.2) is 4.98 Å². The van der Waals surface area contributed by atoms with Crippen molar-refractivity contribution in [3.63, 3.8) is 0 Å². The third-order valence-electron chi connectivity index (χ3n) is 4.03. The Morgan fingerprint density at radius 1 is 0.818 bits per heavy atom. The number of thiophene rings is 1. The van der Waals surface area contributed by atoms with Crippen LogP contribution in [0, 0.1) is 0 Å². The van der Waals surface area contributed by atoms with Crippen molar-refractivity contribution in [2.75, 3.05) is 0 Å². The van der Waals surface area contributed by atoms with Crippen LogP contribution in [0.2, 0.25) is 0 Å². The number of hydrogen-bond acceptors (Lipinski definition) is 3. The first-order valence-corrected chi connectivity index (χ1v) is 8.58. The molecule has 104 valence electrons. The van der Waals surface area contributed by atoms with Gasteiger partial charge in [0.05, 0.1) is 6.20 Å². The van der Waals surface area contributed by atoms with Crippen molar-refractivity contribution in [2.45, 2.75) is 0 Å². The van der Waals surface area contributed by atoms with E-state index in [1.807, 2.05) is 0 Å². The minimum Gasteiger partial charge on any atom is -0.250 e. The molecule has 0 fully saturated rings. The van der Waals surface area contributed by atoms with Crippen LogP contribution in [0.4, 0.5) is 0 Å². The summed E-state index contributed by atoms with van der Waals surface area (Å²) >= 11 is 5.14. The molecule has 0 spiro atoms. The average molecular weight is 365 g/mol. The lowest BCUT2D eigenvalue weighted by Gasteiger charge is -2.06. The molecule has 0 aliphatic heterocycles. The van der Waals surface area contributed by atoms with Crippen molar-refractivity contribution in [3.8, 4) is 0 Å². The highest BCUT2D eigenvalue weighted by molar-refractivity contribution is 9.10. The molecule has 22 heavy (non-hydrogen) atoms. The molecular formula is C18H9BrN2S. The monoisotopic (exact) mass is 364 g/mol. The molecule has 3 aromatic carbocycles. The number of benzene rings is 3. The molecular weight excluding hydrogens is 356 g/mol. The number of hydrogen-bond donors (Lipinski definition) is 0. The van der Waals surface area contributed by atoms with Crippen LogP contribution in [0.5, 0.6) is 0 Å². The number of aromatic nitrogens is 2. The Kier molecular flexibility index (Phi) is 2.54. The van der Waals surface area contributed by atoms with E-state index < -0.39 is 0 Å². The van der Waals surface area contributed by atoms with Crippen LogP contribution in [0.25, 0.3) is 42.0 Å². The highest BCUT2D eigenvalue weighted by Gasteiger charge is 2.15. The average Bonchev–Trinajstić information content (AvgIpc) is 2.94. The van der Waals surface area contributed by atoms with Gasteiger partial charge in [0.15, 0.2) is 0 Å². The molecule has 0 saturated heterocycles. The first-order chi connectivity index (χ1) is 10.8. The molecule has 0 N–H and O–H groups in total. The minimum absolute atomic E-state index is 0.778. The molecule has 5 rings (SSSR count). The van der Waals surface area contributed by atoms with Gasteiger partial charge in [0.1, 0.15) is 15.0 Å². The predicted octanol–water partition coefficient (Wildman–Crippen LogP) is 5.91. The van der Waals surface area contributed by atoms with Crippen molar-refractivity contribution in [1.29, 1.82) is 0 Å². The summed E-state index contributed by atoms with van der Waals surface area (Å²) in [5.41, 5.74) is 0.991. The van der Waals surface area contributed by atoms with Gasteiger partial charge in [-0.1, -0.05) is 48.5 Å². The lowest BCUT2D eigenvalue weighted by Crippen LogP contribution is -1.82. The predicted molar refractivity (Wildman–Crippen MR) is 97.6 cm³/mol. The molecule has 0 saturated carbocycles. The first kappa shape index (κ1) is 12.5. The maximum absolute atomic E-state index is 4.63. The van der Waals surface area contributed by atoms with E-state index in [9.17, 15) is 0 Å². The summed E-state index contributed by atoms with van der Waals surface area (Å²) in [6.45, 7) is 0. The fraction of sp³-hybridized carbons (Fsp3) is 0. The summed E-state index contributed by atoms with van der Waals surface area (Å²) in [6.07, 6.45) is 1.78. The van der Waals surface area contributed by atoms with Gasteiger partial charge in [-0.05, 0) is 32.1 Å². The van der Waals surface area contributed by atoms with E-state index in [1.54, 1.807) is 17.5 Å². The van der Waals surface area contributed by atoms with Crippen molar-refractivity contribution < 1.29 is 0 Å². The second-order valence-corrected chi connectivity index (χ2v) is 7.06. The zero-order valence-electron chi connectivity index (χ0n) is 11.4. The standard InChI is InChI=1S/C18H9BrN2S/c19-14-9-20-16-15-12-7-3-1-5-10(12)11-6-2-4-8-13(11)17(15)22-18(16)21-14/h1-9H. The Morgan fingerprint density at radius 2 is 1.45 bits per heavy atom. The van der Waals surface area contributed by atoms with E-state index in [-0.39, 0.29) is 0 Å². The molecule has 2 nitrogen and oxygen atoms in total. The van der Waals surface area contributed by atoms with E-state index >= 15 is 0 Å². The molecule has 0 unspecified atom stereocenters. The maximum Gasteiger partial charge on any atom is 0.144 e. The zero-order valence-corrected chi connectivity index (χ0v) is 13.8. The van der Waals surface area contributed by atoms with Gasteiger partial charge in [-0.3, -0.25) is 4.98 Å². The topological polar surface area (TPSA) is 25.8 Å². The van der Waals surface area contributed by atoms with Crippen LogP contribution in [0.3, 0.4) is 0 Å². The van der Waals surface area contributed by atoms with Crippen LogP contribution < -0.4 is 0 Å². The van der Waals surface area contributed by atoms with Crippen molar-refractivity contribution in [1.82, 2.24) is 9.97 Å². The lowest BCUT2D eigenvalue weighted by molar-refractivity contribution is 1.27.